The van der Waals surface area contributed by atoms with Gasteiger partial charge in [0.1, 0.15) is 11.5 Å². The predicted molar refractivity (Wildman–Crippen MR) is 121 cm³/mol. The number of piperidine rings is 1. The fourth-order valence-electron chi connectivity index (χ4n) is 4.66. The summed E-state index contributed by atoms with van der Waals surface area (Å²) in [5.41, 5.74) is 10.6. The zero-order chi connectivity index (χ0) is 20.4. The van der Waals surface area contributed by atoms with Crippen molar-refractivity contribution in [2.24, 2.45) is 17.6 Å². The van der Waals surface area contributed by atoms with E-state index in [1.807, 2.05) is 65.3 Å². The average molecular weight is 436 g/mol. The van der Waals surface area contributed by atoms with Gasteiger partial charge in [0.15, 0.2) is 5.65 Å². The van der Waals surface area contributed by atoms with Gasteiger partial charge in [0.2, 0.25) is 0 Å². The standard InChI is InChI=1S/C23H19Cl2N5/c24-14-7-5-13(6-8-14)20-22(15-3-1-2-4-18(15)25)28-30-19(9-10-27-23(20)30)29-11-16-17(12-29)21(16)26/h1-10,16-17,21H,11-12,26H2/t16-,17+,21+. The third kappa shape index (κ3) is 2.73. The van der Waals surface area contributed by atoms with Crippen LogP contribution in [0.5, 0.6) is 0 Å². The molecule has 4 aromatic rings. The minimum absolute atomic E-state index is 0.347. The van der Waals surface area contributed by atoms with Crippen LogP contribution in [-0.2, 0) is 0 Å². The van der Waals surface area contributed by atoms with Crippen LogP contribution in [0.15, 0.2) is 60.8 Å². The Morgan fingerprint density at radius 2 is 1.67 bits per heavy atom. The van der Waals surface area contributed by atoms with Gasteiger partial charge >= 0.3 is 0 Å². The molecule has 0 unspecified atom stereocenters. The topological polar surface area (TPSA) is 59.5 Å². The first-order chi connectivity index (χ1) is 14.6. The highest BCUT2D eigenvalue weighted by molar-refractivity contribution is 6.33. The average Bonchev–Trinajstić information content (AvgIpc) is 3.13. The third-order valence-corrected chi connectivity index (χ3v) is 6.93. The Balaban J connectivity index is 1.58. The van der Waals surface area contributed by atoms with E-state index in [2.05, 4.69) is 4.90 Å². The van der Waals surface area contributed by atoms with Crippen molar-refractivity contribution in [3.05, 3.63) is 70.8 Å². The second-order valence-electron chi connectivity index (χ2n) is 8.06. The highest BCUT2D eigenvalue weighted by atomic mass is 35.5. The van der Waals surface area contributed by atoms with Gasteiger partial charge in [0.25, 0.3) is 0 Å². The van der Waals surface area contributed by atoms with Gasteiger partial charge in [-0.05, 0) is 41.7 Å². The molecule has 2 N–H and O–H groups in total. The lowest BCUT2D eigenvalue weighted by Crippen LogP contribution is -2.29. The number of anilines is 1. The lowest BCUT2D eigenvalue weighted by molar-refractivity contribution is 0.721. The van der Waals surface area contributed by atoms with E-state index in [-0.39, 0.29) is 0 Å². The fraction of sp³-hybridized carbons (Fsp3) is 0.217. The summed E-state index contributed by atoms with van der Waals surface area (Å²) in [6.07, 6.45) is 1.85. The van der Waals surface area contributed by atoms with Crippen molar-refractivity contribution in [2.45, 2.75) is 6.04 Å². The van der Waals surface area contributed by atoms with E-state index in [0.29, 0.717) is 27.9 Å². The maximum Gasteiger partial charge on any atom is 0.165 e. The summed E-state index contributed by atoms with van der Waals surface area (Å²) in [5, 5.41) is 6.36. The summed E-state index contributed by atoms with van der Waals surface area (Å²) in [4.78, 5) is 7.07. The Morgan fingerprint density at radius 3 is 2.40 bits per heavy atom. The normalized spacial score (nSPS) is 22.5. The van der Waals surface area contributed by atoms with Gasteiger partial charge in [0, 0.05) is 35.9 Å². The first-order valence-corrected chi connectivity index (χ1v) is 10.8. The van der Waals surface area contributed by atoms with Crippen LogP contribution in [0.1, 0.15) is 0 Å². The lowest BCUT2D eigenvalue weighted by atomic mass is 10.0. The number of hydrogen-bond acceptors (Lipinski definition) is 4. The van der Waals surface area contributed by atoms with Crippen LogP contribution < -0.4 is 10.6 Å². The van der Waals surface area contributed by atoms with Crippen LogP contribution in [0, 0.1) is 11.8 Å². The number of nitrogens with zero attached hydrogens (tertiary/aromatic N) is 4. The number of rotatable bonds is 3. The predicted octanol–water partition coefficient (Wildman–Crippen LogP) is 4.76. The Morgan fingerprint density at radius 1 is 0.933 bits per heavy atom. The van der Waals surface area contributed by atoms with Gasteiger partial charge in [-0.25, -0.2) is 4.98 Å². The third-order valence-electron chi connectivity index (χ3n) is 6.34. The van der Waals surface area contributed by atoms with Crippen LogP contribution >= 0.6 is 23.2 Å². The molecule has 3 heterocycles. The highest BCUT2D eigenvalue weighted by Gasteiger charge is 2.54. The zero-order valence-corrected chi connectivity index (χ0v) is 17.6. The molecule has 2 aromatic heterocycles. The number of nitrogens with two attached hydrogens (primary N) is 1. The van der Waals surface area contributed by atoms with Crippen molar-refractivity contribution in [3.63, 3.8) is 0 Å². The summed E-state index contributed by atoms with van der Waals surface area (Å²) in [7, 11) is 0. The molecule has 6 rings (SSSR count). The molecule has 2 aliphatic rings. The Kier molecular flexibility index (Phi) is 4.07. The van der Waals surface area contributed by atoms with Crippen LogP contribution in [0.2, 0.25) is 10.0 Å². The van der Waals surface area contributed by atoms with E-state index in [4.69, 9.17) is 39.0 Å². The van der Waals surface area contributed by atoms with E-state index in [0.717, 1.165) is 46.9 Å². The van der Waals surface area contributed by atoms with Crippen molar-refractivity contribution in [1.82, 2.24) is 14.6 Å². The molecule has 2 fully saturated rings. The number of fused-ring (bicyclic) bond motifs is 2. The molecule has 1 aliphatic heterocycles. The second-order valence-corrected chi connectivity index (χ2v) is 8.90. The molecule has 1 saturated carbocycles. The molecule has 3 atom stereocenters. The first kappa shape index (κ1) is 18.2. The van der Waals surface area contributed by atoms with Crippen molar-refractivity contribution in [3.8, 4) is 22.4 Å². The van der Waals surface area contributed by atoms with Gasteiger partial charge in [-0.3, -0.25) is 0 Å². The fourth-order valence-corrected chi connectivity index (χ4v) is 5.01. The van der Waals surface area contributed by atoms with E-state index in [9.17, 15) is 0 Å². The molecule has 5 nitrogen and oxygen atoms in total. The van der Waals surface area contributed by atoms with Crippen LogP contribution in [0.3, 0.4) is 0 Å². The lowest BCUT2D eigenvalue weighted by Gasteiger charge is -2.21. The molecule has 0 bridgehead atoms. The molecule has 1 saturated heterocycles. The van der Waals surface area contributed by atoms with Gasteiger partial charge in [-0.15, -0.1) is 0 Å². The minimum atomic E-state index is 0.347. The molecule has 7 heteroatoms. The molecule has 2 aromatic carbocycles. The number of hydrogen-bond donors (Lipinski definition) is 1. The monoisotopic (exact) mass is 435 g/mol. The van der Waals surface area contributed by atoms with Gasteiger partial charge in [-0.1, -0.05) is 53.5 Å². The van der Waals surface area contributed by atoms with E-state index < -0.39 is 0 Å². The minimum Gasteiger partial charge on any atom is -0.356 e. The Bertz CT molecular complexity index is 1250. The van der Waals surface area contributed by atoms with Crippen molar-refractivity contribution < 1.29 is 0 Å². The quantitative estimate of drug-likeness (QED) is 0.503. The van der Waals surface area contributed by atoms with Gasteiger partial charge in [-0.2, -0.15) is 9.61 Å². The Hall–Kier alpha value is -2.60. The first-order valence-electron chi connectivity index (χ1n) is 10.0. The number of benzene rings is 2. The molecule has 0 radical (unpaired) electrons. The number of aromatic nitrogens is 3. The maximum atomic E-state index is 6.56. The summed E-state index contributed by atoms with van der Waals surface area (Å²) in [6, 6.07) is 17.9. The summed E-state index contributed by atoms with van der Waals surface area (Å²) in [5.74, 6) is 2.21. The van der Waals surface area contributed by atoms with E-state index in [1.165, 1.54) is 0 Å². The van der Waals surface area contributed by atoms with Crippen molar-refractivity contribution >= 4 is 34.7 Å². The largest absolute Gasteiger partial charge is 0.356 e. The molecular weight excluding hydrogens is 417 g/mol. The van der Waals surface area contributed by atoms with Gasteiger partial charge in [0.05, 0.1) is 10.6 Å². The highest BCUT2D eigenvalue weighted by Crippen LogP contribution is 2.46. The van der Waals surface area contributed by atoms with Crippen LogP contribution in [0.25, 0.3) is 28.0 Å². The molecule has 0 amide bonds. The van der Waals surface area contributed by atoms with E-state index in [1.54, 1.807) is 0 Å². The molecule has 150 valence electrons. The Labute approximate surface area is 184 Å². The van der Waals surface area contributed by atoms with E-state index >= 15 is 0 Å². The summed E-state index contributed by atoms with van der Waals surface area (Å²) < 4.78 is 1.94. The summed E-state index contributed by atoms with van der Waals surface area (Å²) >= 11 is 12.7. The summed E-state index contributed by atoms with van der Waals surface area (Å²) in [6.45, 7) is 1.92. The zero-order valence-electron chi connectivity index (χ0n) is 16.0. The molecule has 0 spiro atoms. The van der Waals surface area contributed by atoms with Gasteiger partial charge < -0.3 is 10.6 Å². The molecular formula is C23H19Cl2N5. The van der Waals surface area contributed by atoms with Crippen molar-refractivity contribution in [2.75, 3.05) is 18.0 Å². The van der Waals surface area contributed by atoms with Crippen LogP contribution in [0.4, 0.5) is 5.82 Å². The SMILES string of the molecule is N[C@@H]1[C@H]2CN(c3ccnc4c(-c5ccc(Cl)cc5)c(-c5ccccc5Cl)nn34)C[C@@H]12. The molecule has 30 heavy (non-hydrogen) atoms. The number of halogens is 2. The van der Waals surface area contributed by atoms with Crippen molar-refractivity contribution in [1.29, 1.82) is 0 Å². The smallest absolute Gasteiger partial charge is 0.165 e. The molecule has 1 aliphatic carbocycles. The second kappa shape index (κ2) is 6.71. The van der Waals surface area contributed by atoms with Crippen LogP contribution in [-0.4, -0.2) is 33.7 Å². The maximum absolute atomic E-state index is 6.56.